The summed E-state index contributed by atoms with van der Waals surface area (Å²) in [4.78, 5) is 15.2. The molecule has 1 aliphatic heterocycles. The average molecular weight is 608 g/mol. The minimum absolute atomic E-state index is 0.0313. The molecule has 2 aromatic carbocycles. The van der Waals surface area contributed by atoms with Gasteiger partial charge in [-0.05, 0) is 38.5 Å². The van der Waals surface area contributed by atoms with Gasteiger partial charge in [-0.2, -0.15) is 15.2 Å². The Balaban J connectivity index is 1.72. The van der Waals surface area contributed by atoms with Gasteiger partial charge in [-0.1, -0.05) is 23.7 Å². The first-order valence-electron chi connectivity index (χ1n) is 12.9. The van der Waals surface area contributed by atoms with E-state index in [1.165, 1.54) is 19.2 Å². The van der Waals surface area contributed by atoms with E-state index in [0.29, 0.717) is 11.6 Å². The van der Waals surface area contributed by atoms with Crippen molar-refractivity contribution in [2.45, 2.75) is 39.0 Å². The summed E-state index contributed by atoms with van der Waals surface area (Å²) in [6.45, 7) is 5.75. The Morgan fingerprint density at radius 1 is 1.19 bits per heavy atom. The molecule has 0 bridgehead atoms. The van der Waals surface area contributed by atoms with Crippen molar-refractivity contribution < 1.29 is 18.3 Å². The molecule has 1 aliphatic rings. The zero-order valence-corrected chi connectivity index (χ0v) is 24.4. The Kier molecular flexibility index (Phi) is 6.67. The lowest BCUT2D eigenvalue weighted by Crippen LogP contribution is -2.44. The smallest absolute Gasteiger partial charge is 0.318 e. The molecular weight excluding hydrogens is 584 g/mol. The van der Waals surface area contributed by atoms with Crippen molar-refractivity contribution >= 4 is 60.6 Å². The van der Waals surface area contributed by atoms with E-state index in [1.807, 2.05) is 37.8 Å². The molecule has 0 unspecified atom stereocenters. The molecule has 0 saturated carbocycles. The number of benzene rings is 2. The molecule has 42 heavy (non-hydrogen) atoms. The molecule has 0 radical (unpaired) electrons. The molecule has 0 spiro atoms. The number of halogens is 3. The Labute approximate surface area is 248 Å². The molecule has 9 nitrogen and oxygen atoms in total. The zero-order valence-electron chi connectivity index (χ0n) is 22.9. The van der Waals surface area contributed by atoms with E-state index < -0.39 is 17.7 Å². The topological polar surface area (TPSA) is 136 Å². The molecule has 0 amide bonds. The van der Waals surface area contributed by atoms with Crippen LogP contribution in [0.15, 0.2) is 30.5 Å². The number of anilines is 3. The predicted octanol–water partition coefficient (Wildman–Crippen LogP) is 6.62. The number of rotatable bonds is 4. The SMILES string of the molecule is COc1nc2c3c(c(Cl)c(-c4ccc(F)c5sc(N)c(C#N)c45)c(F)c3n1)O[C@H](C)[C@H](C)N2[C@H](C)c1cccnc1N. The molecule has 214 valence electrons. The number of pyridine rings is 1. The maximum absolute atomic E-state index is 16.8. The van der Waals surface area contributed by atoms with Crippen molar-refractivity contribution in [1.82, 2.24) is 15.0 Å². The summed E-state index contributed by atoms with van der Waals surface area (Å²) >= 11 is 7.91. The third-order valence-corrected chi connectivity index (χ3v) is 9.12. The summed E-state index contributed by atoms with van der Waals surface area (Å²) in [5.41, 5.74) is 13.0. The van der Waals surface area contributed by atoms with Crippen molar-refractivity contribution in [2.24, 2.45) is 0 Å². The Hall–Kier alpha value is -4.47. The van der Waals surface area contributed by atoms with Gasteiger partial charge < -0.3 is 25.8 Å². The lowest BCUT2D eigenvalue weighted by Gasteiger charge is -2.37. The van der Waals surface area contributed by atoms with E-state index in [-0.39, 0.29) is 71.5 Å². The van der Waals surface area contributed by atoms with Crippen LogP contribution < -0.4 is 25.8 Å². The summed E-state index contributed by atoms with van der Waals surface area (Å²) in [5, 5.41) is 10.3. The van der Waals surface area contributed by atoms with Gasteiger partial charge in [0.25, 0.3) is 0 Å². The molecule has 3 atom stereocenters. The van der Waals surface area contributed by atoms with Gasteiger partial charge in [0.15, 0.2) is 11.6 Å². The predicted molar refractivity (Wildman–Crippen MR) is 160 cm³/mol. The zero-order chi connectivity index (χ0) is 30.0. The highest BCUT2D eigenvalue weighted by Gasteiger charge is 2.38. The number of nitrogens with zero attached hydrogens (tertiary/aromatic N) is 5. The van der Waals surface area contributed by atoms with Gasteiger partial charge in [0.1, 0.15) is 40.1 Å². The third kappa shape index (κ3) is 3.95. The minimum atomic E-state index is -0.818. The second-order valence-electron chi connectivity index (χ2n) is 9.97. The summed E-state index contributed by atoms with van der Waals surface area (Å²) < 4.78 is 43.6. The van der Waals surface area contributed by atoms with Crippen molar-refractivity contribution in [3.8, 4) is 29.0 Å². The van der Waals surface area contributed by atoms with Gasteiger partial charge >= 0.3 is 6.01 Å². The highest BCUT2D eigenvalue weighted by Crippen LogP contribution is 2.52. The van der Waals surface area contributed by atoms with Gasteiger partial charge in [0, 0.05) is 22.7 Å². The lowest BCUT2D eigenvalue weighted by molar-refractivity contribution is 0.193. The molecule has 3 aromatic heterocycles. The summed E-state index contributed by atoms with van der Waals surface area (Å²) in [6, 6.07) is 7.43. The molecule has 13 heteroatoms. The van der Waals surface area contributed by atoms with Crippen LogP contribution in [0.1, 0.15) is 37.9 Å². The van der Waals surface area contributed by atoms with Crippen LogP contribution in [0, 0.1) is 23.0 Å². The number of thiophene rings is 1. The van der Waals surface area contributed by atoms with E-state index in [9.17, 15) is 9.65 Å². The van der Waals surface area contributed by atoms with E-state index >= 15 is 4.39 Å². The number of hydrogen-bond acceptors (Lipinski definition) is 10. The minimum Gasteiger partial charge on any atom is -0.486 e. The first-order chi connectivity index (χ1) is 20.1. The first kappa shape index (κ1) is 27.7. The molecular formula is C29H24ClF2N7O2S. The highest BCUT2D eigenvalue weighted by atomic mass is 35.5. The van der Waals surface area contributed by atoms with Crippen LogP contribution in [0.3, 0.4) is 0 Å². The van der Waals surface area contributed by atoms with Crippen LogP contribution in [0.5, 0.6) is 11.8 Å². The van der Waals surface area contributed by atoms with Crippen LogP contribution >= 0.6 is 22.9 Å². The molecule has 0 aliphatic carbocycles. The van der Waals surface area contributed by atoms with Crippen molar-refractivity contribution in [3.63, 3.8) is 0 Å². The van der Waals surface area contributed by atoms with Gasteiger partial charge in [-0.3, -0.25) is 0 Å². The molecule has 0 saturated heterocycles. The van der Waals surface area contributed by atoms with Crippen molar-refractivity contribution in [2.75, 3.05) is 23.5 Å². The average Bonchev–Trinajstić information content (AvgIpc) is 3.27. The second-order valence-corrected chi connectivity index (χ2v) is 11.4. The number of nitriles is 1. The number of ether oxygens (including phenoxy) is 2. The number of methoxy groups -OCH3 is 1. The largest absolute Gasteiger partial charge is 0.486 e. The normalized spacial score (nSPS) is 17.1. The molecule has 4 N–H and O–H groups in total. The Morgan fingerprint density at radius 2 is 1.95 bits per heavy atom. The third-order valence-electron chi connectivity index (χ3n) is 7.73. The Morgan fingerprint density at radius 3 is 2.64 bits per heavy atom. The number of aromatic nitrogens is 3. The number of fused-ring (bicyclic) bond motifs is 1. The number of nitrogen functional groups attached to an aromatic ring is 2. The summed E-state index contributed by atoms with van der Waals surface area (Å²) in [5.74, 6) is -0.592. The first-order valence-corrected chi connectivity index (χ1v) is 14.1. The molecule has 5 aromatic rings. The fraction of sp³-hybridized carbons (Fsp3) is 0.241. The van der Waals surface area contributed by atoms with Crippen LogP contribution in [-0.4, -0.2) is 34.2 Å². The van der Waals surface area contributed by atoms with Gasteiger partial charge in [0.2, 0.25) is 0 Å². The quantitative estimate of drug-likeness (QED) is 0.231. The monoisotopic (exact) mass is 607 g/mol. The highest BCUT2D eigenvalue weighted by molar-refractivity contribution is 7.23. The van der Waals surface area contributed by atoms with E-state index in [0.717, 1.165) is 16.9 Å². The van der Waals surface area contributed by atoms with E-state index in [2.05, 4.69) is 15.0 Å². The molecule has 4 heterocycles. The summed E-state index contributed by atoms with van der Waals surface area (Å²) in [7, 11) is 1.38. The number of nitrogens with two attached hydrogens (primary N) is 2. The fourth-order valence-corrected chi connectivity index (χ4v) is 6.81. The second kappa shape index (κ2) is 10.1. The molecule has 6 rings (SSSR count). The van der Waals surface area contributed by atoms with E-state index in [1.54, 1.807) is 12.3 Å². The van der Waals surface area contributed by atoms with Crippen LogP contribution in [0.4, 0.5) is 25.4 Å². The van der Waals surface area contributed by atoms with Gasteiger partial charge in [-0.15, -0.1) is 11.3 Å². The maximum atomic E-state index is 16.8. The lowest BCUT2D eigenvalue weighted by atomic mass is 9.96. The van der Waals surface area contributed by atoms with Crippen LogP contribution in [0.2, 0.25) is 5.02 Å². The maximum Gasteiger partial charge on any atom is 0.318 e. The Bertz CT molecular complexity index is 1960. The fourth-order valence-electron chi connectivity index (χ4n) is 5.54. The van der Waals surface area contributed by atoms with Crippen molar-refractivity contribution in [1.29, 1.82) is 5.26 Å². The number of hydrogen-bond donors (Lipinski definition) is 2. The standard InChI is InChI=1S/C29H24ClF2N7O2S/c1-11-13(3)41-24-20-23(37-29(40-4)38-28(20)39(11)12(2)14-6-5-9-36-26(14)34)22(32)19(21(24)30)15-7-8-17(31)25-18(15)16(10-33)27(35)42-25/h5-9,11-13H,35H2,1-4H3,(H2,34,36)/t11-,12+,13+/m0/s1. The van der Waals surface area contributed by atoms with Crippen LogP contribution in [-0.2, 0) is 0 Å². The van der Waals surface area contributed by atoms with Crippen LogP contribution in [0.25, 0.3) is 32.1 Å². The van der Waals surface area contributed by atoms with Gasteiger partial charge in [-0.25, -0.2) is 13.8 Å². The summed E-state index contributed by atoms with van der Waals surface area (Å²) in [6.07, 6.45) is 1.12. The van der Waals surface area contributed by atoms with Gasteiger partial charge in [0.05, 0.1) is 39.9 Å². The molecule has 0 fully saturated rings. The van der Waals surface area contributed by atoms with E-state index in [4.69, 9.17) is 32.5 Å². The van der Waals surface area contributed by atoms with Crippen molar-refractivity contribution in [3.05, 3.63) is 58.2 Å².